The van der Waals surface area contributed by atoms with Crippen molar-refractivity contribution in [2.45, 2.75) is 31.6 Å². The van der Waals surface area contributed by atoms with Crippen LogP contribution in [0.15, 0.2) is 61.1 Å². The summed E-state index contributed by atoms with van der Waals surface area (Å²) in [6.07, 6.45) is 10.5. The third-order valence-corrected chi connectivity index (χ3v) is 7.01. The lowest BCUT2D eigenvalue weighted by atomic mass is 9.88. The van der Waals surface area contributed by atoms with Crippen molar-refractivity contribution in [1.29, 1.82) is 0 Å². The van der Waals surface area contributed by atoms with Crippen molar-refractivity contribution in [1.82, 2.24) is 19.4 Å². The van der Waals surface area contributed by atoms with Gasteiger partial charge in [-0.3, -0.25) is 9.20 Å². The maximum Gasteiger partial charge on any atom is 0.256 e. The Balaban J connectivity index is 1.35. The van der Waals surface area contributed by atoms with Gasteiger partial charge in [-0.25, -0.2) is 15.0 Å². The molecule has 2 bridgehead atoms. The Morgan fingerprint density at radius 1 is 1.03 bits per heavy atom. The lowest BCUT2D eigenvalue weighted by molar-refractivity contribution is 0.102. The number of anilines is 2. The van der Waals surface area contributed by atoms with Crippen LogP contribution in [-0.4, -0.2) is 25.3 Å². The average molecular weight is 425 g/mol. The molecule has 2 fully saturated rings. The second-order valence-corrected chi connectivity index (χ2v) is 8.88. The van der Waals surface area contributed by atoms with Crippen molar-refractivity contribution in [3.05, 3.63) is 72.4 Å². The van der Waals surface area contributed by atoms with Gasteiger partial charge in [0.2, 0.25) is 0 Å². The highest BCUT2D eigenvalue weighted by Crippen LogP contribution is 2.53. The highest BCUT2D eigenvalue weighted by Gasteiger charge is 2.42. The van der Waals surface area contributed by atoms with Crippen molar-refractivity contribution >= 4 is 23.1 Å². The molecule has 1 aromatic carbocycles. The molecule has 2 saturated carbocycles. The van der Waals surface area contributed by atoms with E-state index in [1.807, 2.05) is 42.6 Å². The number of carbonyl (C=O) groups is 1. The van der Waals surface area contributed by atoms with Crippen molar-refractivity contribution < 1.29 is 4.79 Å². The lowest BCUT2D eigenvalue weighted by Crippen LogP contribution is -2.12. The van der Waals surface area contributed by atoms with E-state index in [4.69, 9.17) is 10.7 Å². The number of benzene rings is 1. The number of nitrogens with two attached hydrogens (primary N) is 1. The molecule has 0 aliphatic heterocycles. The van der Waals surface area contributed by atoms with E-state index < -0.39 is 0 Å². The Labute approximate surface area is 185 Å². The fourth-order valence-corrected chi connectivity index (χ4v) is 5.52. The van der Waals surface area contributed by atoms with E-state index in [1.54, 1.807) is 18.5 Å². The second-order valence-electron chi connectivity index (χ2n) is 8.88. The van der Waals surface area contributed by atoms with Gasteiger partial charge < -0.3 is 11.1 Å². The average Bonchev–Trinajstić information content (AvgIpc) is 3.55. The lowest BCUT2D eigenvalue weighted by Gasteiger charge is -2.20. The first-order valence-electron chi connectivity index (χ1n) is 11.1. The molecule has 2 aliphatic carbocycles. The summed E-state index contributed by atoms with van der Waals surface area (Å²) in [6.45, 7) is 0. The molecular formula is C25H24N6O. The summed E-state index contributed by atoms with van der Waals surface area (Å²) in [5, 5.41) is 2.81. The summed E-state index contributed by atoms with van der Waals surface area (Å²) >= 11 is 0. The molecular weight excluding hydrogens is 400 g/mol. The fourth-order valence-electron chi connectivity index (χ4n) is 5.52. The van der Waals surface area contributed by atoms with Crippen LogP contribution in [0.4, 0.5) is 11.6 Å². The molecule has 0 radical (unpaired) electrons. The molecule has 4 aromatic rings. The Hall–Kier alpha value is -3.74. The third kappa shape index (κ3) is 3.12. The summed E-state index contributed by atoms with van der Waals surface area (Å²) in [5.41, 5.74) is 9.45. The molecule has 3 atom stereocenters. The first-order valence-corrected chi connectivity index (χ1v) is 11.1. The zero-order valence-electron chi connectivity index (χ0n) is 17.6. The quantitative estimate of drug-likeness (QED) is 0.502. The number of nitrogen functional groups attached to an aromatic ring is 1. The smallest absolute Gasteiger partial charge is 0.256 e. The highest BCUT2D eigenvalue weighted by atomic mass is 16.1. The molecule has 3 unspecified atom stereocenters. The molecule has 3 N–H and O–H groups in total. The van der Waals surface area contributed by atoms with Gasteiger partial charge >= 0.3 is 0 Å². The highest BCUT2D eigenvalue weighted by molar-refractivity contribution is 6.04. The van der Waals surface area contributed by atoms with E-state index in [0.29, 0.717) is 29.0 Å². The molecule has 7 nitrogen and oxygen atoms in total. The van der Waals surface area contributed by atoms with Crippen LogP contribution in [0.3, 0.4) is 0 Å². The Morgan fingerprint density at radius 2 is 1.91 bits per heavy atom. The van der Waals surface area contributed by atoms with Crippen LogP contribution in [0.25, 0.3) is 16.8 Å². The van der Waals surface area contributed by atoms with Crippen molar-refractivity contribution in [2.24, 2.45) is 11.8 Å². The molecule has 32 heavy (non-hydrogen) atoms. The predicted molar refractivity (Wildman–Crippen MR) is 123 cm³/mol. The Bertz CT molecular complexity index is 1300. The summed E-state index contributed by atoms with van der Waals surface area (Å²) in [7, 11) is 0. The number of nitrogens with one attached hydrogen (secondary N) is 1. The first-order chi connectivity index (χ1) is 15.7. The standard InChI is InChI=1S/C25H24N6O/c26-23-22-21(16-6-8-17(9-7-16)25(32)29-20-3-1-2-10-27-20)30-24(31(22)12-11-28-23)19-14-15-4-5-18(19)13-15/h1-3,6-12,15,18-19H,4-5,13-14H2,(H2,26,28)(H,27,29,32). The van der Waals surface area contributed by atoms with Gasteiger partial charge in [-0.2, -0.15) is 0 Å². The minimum absolute atomic E-state index is 0.200. The Morgan fingerprint density at radius 3 is 2.62 bits per heavy atom. The van der Waals surface area contributed by atoms with Gasteiger partial charge in [-0.05, 0) is 55.4 Å². The number of hydrogen-bond acceptors (Lipinski definition) is 5. The van der Waals surface area contributed by atoms with Crippen LogP contribution in [0.5, 0.6) is 0 Å². The number of amides is 1. The van der Waals surface area contributed by atoms with E-state index in [0.717, 1.165) is 28.5 Å². The number of aromatic nitrogens is 4. The van der Waals surface area contributed by atoms with Crippen LogP contribution in [0.1, 0.15) is 47.8 Å². The molecule has 2 aliphatic rings. The second kappa shape index (κ2) is 7.44. The zero-order valence-corrected chi connectivity index (χ0v) is 17.6. The van der Waals surface area contributed by atoms with Gasteiger partial charge in [-0.15, -0.1) is 0 Å². The fraction of sp³-hybridized carbons (Fsp3) is 0.280. The van der Waals surface area contributed by atoms with Crippen molar-refractivity contribution in [2.75, 3.05) is 11.1 Å². The number of imidazole rings is 1. The van der Waals surface area contributed by atoms with Crippen LogP contribution in [0.2, 0.25) is 0 Å². The number of nitrogens with zero attached hydrogens (tertiary/aromatic N) is 4. The minimum Gasteiger partial charge on any atom is -0.382 e. The van der Waals surface area contributed by atoms with Gasteiger partial charge in [0.15, 0.2) is 0 Å². The van der Waals surface area contributed by atoms with Crippen LogP contribution in [0, 0.1) is 11.8 Å². The first kappa shape index (κ1) is 19.0. The van der Waals surface area contributed by atoms with Crippen molar-refractivity contribution in [3.8, 4) is 11.3 Å². The van der Waals surface area contributed by atoms with Crippen LogP contribution in [-0.2, 0) is 0 Å². The molecule has 0 saturated heterocycles. The molecule has 7 heteroatoms. The van der Waals surface area contributed by atoms with Gasteiger partial charge in [0, 0.05) is 35.6 Å². The Kier molecular flexibility index (Phi) is 4.41. The number of fused-ring (bicyclic) bond motifs is 3. The monoisotopic (exact) mass is 424 g/mol. The molecule has 6 rings (SSSR count). The topological polar surface area (TPSA) is 98.2 Å². The maximum absolute atomic E-state index is 12.6. The minimum atomic E-state index is -0.200. The van der Waals surface area contributed by atoms with E-state index >= 15 is 0 Å². The van der Waals surface area contributed by atoms with E-state index in [-0.39, 0.29) is 5.91 Å². The number of hydrogen-bond donors (Lipinski definition) is 2. The van der Waals surface area contributed by atoms with Crippen LogP contribution < -0.4 is 11.1 Å². The normalized spacial score (nSPS) is 21.8. The molecule has 160 valence electrons. The predicted octanol–water partition coefficient (Wildman–Crippen LogP) is 4.53. The zero-order chi connectivity index (χ0) is 21.7. The maximum atomic E-state index is 12.6. The molecule has 3 heterocycles. The van der Waals surface area contributed by atoms with Crippen molar-refractivity contribution in [3.63, 3.8) is 0 Å². The van der Waals surface area contributed by atoms with E-state index in [9.17, 15) is 4.79 Å². The van der Waals surface area contributed by atoms with Gasteiger partial charge in [0.05, 0.1) is 0 Å². The third-order valence-electron chi connectivity index (χ3n) is 7.01. The van der Waals surface area contributed by atoms with E-state index in [1.165, 1.54) is 25.7 Å². The van der Waals surface area contributed by atoms with E-state index in [2.05, 4.69) is 19.7 Å². The largest absolute Gasteiger partial charge is 0.382 e. The number of carbonyl (C=O) groups excluding carboxylic acids is 1. The van der Waals surface area contributed by atoms with Gasteiger partial charge in [-0.1, -0.05) is 24.6 Å². The SMILES string of the molecule is Nc1nccn2c(C3CC4CCC3C4)nc(-c3ccc(C(=O)Nc4ccccn4)cc3)c12. The molecule has 3 aromatic heterocycles. The molecule has 1 amide bonds. The van der Waals surface area contributed by atoms with Gasteiger partial charge in [0.1, 0.15) is 28.7 Å². The number of pyridine rings is 1. The summed E-state index contributed by atoms with van der Waals surface area (Å²) < 4.78 is 2.13. The molecule has 0 spiro atoms. The number of rotatable bonds is 4. The van der Waals surface area contributed by atoms with Crippen LogP contribution >= 0.6 is 0 Å². The summed E-state index contributed by atoms with van der Waals surface area (Å²) in [5.74, 6) is 3.90. The summed E-state index contributed by atoms with van der Waals surface area (Å²) in [6, 6.07) is 12.9. The summed E-state index contributed by atoms with van der Waals surface area (Å²) in [4.78, 5) is 26.1. The van der Waals surface area contributed by atoms with Gasteiger partial charge in [0.25, 0.3) is 5.91 Å².